The number of hydrogen-bond acceptors (Lipinski definition) is 5. The number of halogens is 2. The molecular formula is C30H29F2N5O. The van der Waals surface area contributed by atoms with Gasteiger partial charge in [0.25, 0.3) is 5.56 Å². The fourth-order valence-electron chi connectivity index (χ4n) is 5.52. The molecule has 1 aliphatic rings. The van der Waals surface area contributed by atoms with E-state index in [0.717, 1.165) is 23.2 Å². The van der Waals surface area contributed by atoms with Crippen molar-refractivity contribution in [3.05, 3.63) is 106 Å². The van der Waals surface area contributed by atoms with Crippen LogP contribution in [0.4, 0.5) is 14.5 Å². The van der Waals surface area contributed by atoms with Gasteiger partial charge in [0.2, 0.25) is 0 Å². The first-order chi connectivity index (χ1) is 18.3. The van der Waals surface area contributed by atoms with Crippen LogP contribution in [0.5, 0.6) is 0 Å². The molecule has 0 unspecified atom stereocenters. The van der Waals surface area contributed by atoms with Gasteiger partial charge in [-0.2, -0.15) is 5.26 Å². The summed E-state index contributed by atoms with van der Waals surface area (Å²) in [7, 11) is 1.70. The topological polar surface area (TPSA) is 65.2 Å². The van der Waals surface area contributed by atoms with Crippen LogP contribution in [-0.4, -0.2) is 39.6 Å². The number of pyridine rings is 2. The second-order valence-corrected chi connectivity index (χ2v) is 9.87. The lowest BCUT2D eigenvalue weighted by molar-refractivity contribution is 0.124. The van der Waals surface area contributed by atoms with Gasteiger partial charge in [0.05, 0.1) is 17.2 Å². The molecule has 0 aliphatic carbocycles. The van der Waals surface area contributed by atoms with E-state index < -0.39 is 0 Å². The molecule has 3 heterocycles. The predicted octanol–water partition coefficient (Wildman–Crippen LogP) is 5.16. The summed E-state index contributed by atoms with van der Waals surface area (Å²) in [6.45, 7) is 5.49. The number of anilines is 1. The molecule has 8 heteroatoms. The van der Waals surface area contributed by atoms with Gasteiger partial charge in [0, 0.05) is 38.3 Å². The van der Waals surface area contributed by atoms with Crippen LogP contribution in [0.15, 0.2) is 71.5 Å². The lowest BCUT2D eigenvalue weighted by Gasteiger charge is -2.49. The highest BCUT2D eigenvalue weighted by Crippen LogP contribution is 2.36. The minimum atomic E-state index is -0.308. The summed E-state index contributed by atoms with van der Waals surface area (Å²) in [5.41, 5.74) is 4.02. The highest BCUT2D eigenvalue weighted by molar-refractivity contribution is 5.89. The molecule has 4 aromatic rings. The summed E-state index contributed by atoms with van der Waals surface area (Å²) in [5.74, 6) is -0.615. The minimum Gasteiger partial charge on any atom is -0.364 e. The molecule has 2 atom stereocenters. The Balaban J connectivity index is 1.58. The van der Waals surface area contributed by atoms with Gasteiger partial charge in [-0.25, -0.2) is 13.8 Å². The van der Waals surface area contributed by atoms with E-state index in [-0.39, 0.29) is 35.3 Å². The van der Waals surface area contributed by atoms with Crippen LogP contribution in [0, 0.1) is 23.0 Å². The number of aryl methyl sites for hydroxylation is 1. The zero-order valence-electron chi connectivity index (χ0n) is 21.6. The van der Waals surface area contributed by atoms with Crippen LogP contribution in [0.1, 0.15) is 43.1 Å². The second-order valence-electron chi connectivity index (χ2n) is 9.87. The van der Waals surface area contributed by atoms with Gasteiger partial charge in [-0.15, -0.1) is 0 Å². The maximum atomic E-state index is 13.8. The molecule has 0 saturated carbocycles. The molecule has 5 rings (SSSR count). The zero-order valence-corrected chi connectivity index (χ0v) is 21.6. The van der Waals surface area contributed by atoms with E-state index in [1.54, 1.807) is 54.1 Å². The Morgan fingerprint density at radius 3 is 2.16 bits per heavy atom. The van der Waals surface area contributed by atoms with E-state index in [4.69, 9.17) is 0 Å². The van der Waals surface area contributed by atoms with Gasteiger partial charge in [-0.1, -0.05) is 31.2 Å². The number of fused-ring (bicyclic) bond motifs is 1. The lowest BCUT2D eigenvalue weighted by Crippen LogP contribution is -2.58. The second kappa shape index (κ2) is 10.3. The standard InChI is InChI=1S/C30H29F2N5O/c1-4-25-18-36(30(20-5-9-22(31)10-6-20)21-7-11-23(32)12-8-21)19(2)17-37(25)27-15-28(38)35(3)26-14-13-24(16-33)34-29(26)27/h5-15,19,25,30H,4,17-18H2,1-3H3/t19-,25+/m1/s1. The number of piperazine rings is 1. The monoisotopic (exact) mass is 513 g/mol. The average molecular weight is 514 g/mol. The molecule has 38 heavy (non-hydrogen) atoms. The van der Waals surface area contributed by atoms with Gasteiger partial charge in [-0.3, -0.25) is 9.69 Å². The van der Waals surface area contributed by atoms with E-state index in [2.05, 4.69) is 34.7 Å². The first kappa shape index (κ1) is 25.6. The van der Waals surface area contributed by atoms with Crippen molar-refractivity contribution >= 4 is 16.7 Å². The summed E-state index contributed by atoms with van der Waals surface area (Å²) >= 11 is 0. The molecule has 0 spiro atoms. The van der Waals surface area contributed by atoms with Crippen molar-refractivity contribution in [1.29, 1.82) is 5.26 Å². The number of hydrogen-bond donors (Lipinski definition) is 0. The molecule has 1 saturated heterocycles. The Morgan fingerprint density at radius 2 is 1.61 bits per heavy atom. The highest BCUT2D eigenvalue weighted by Gasteiger charge is 2.37. The molecule has 6 nitrogen and oxygen atoms in total. The first-order valence-corrected chi connectivity index (χ1v) is 12.7. The van der Waals surface area contributed by atoms with E-state index in [1.807, 2.05) is 0 Å². The van der Waals surface area contributed by atoms with Gasteiger partial charge < -0.3 is 9.47 Å². The summed E-state index contributed by atoms with van der Waals surface area (Å²) in [6, 6.07) is 19.9. The van der Waals surface area contributed by atoms with Crippen molar-refractivity contribution in [2.24, 2.45) is 7.05 Å². The van der Waals surface area contributed by atoms with E-state index in [9.17, 15) is 18.8 Å². The van der Waals surface area contributed by atoms with E-state index in [0.29, 0.717) is 29.8 Å². The van der Waals surface area contributed by atoms with Crippen LogP contribution >= 0.6 is 0 Å². The Hall–Kier alpha value is -4.09. The van der Waals surface area contributed by atoms with E-state index >= 15 is 0 Å². The number of rotatable bonds is 5. The molecule has 2 aromatic heterocycles. The molecule has 0 bridgehead atoms. The Labute approximate surface area is 220 Å². The maximum Gasteiger partial charge on any atom is 0.252 e. The quantitative estimate of drug-likeness (QED) is 0.369. The van der Waals surface area contributed by atoms with Crippen molar-refractivity contribution in [2.45, 2.75) is 38.4 Å². The van der Waals surface area contributed by atoms with Crippen LogP contribution in [0.3, 0.4) is 0 Å². The molecule has 0 N–H and O–H groups in total. The van der Waals surface area contributed by atoms with E-state index in [1.165, 1.54) is 24.3 Å². The number of nitrogens with zero attached hydrogens (tertiary/aromatic N) is 5. The van der Waals surface area contributed by atoms with Crippen molar-refractivity contribution in [1.82, 2.24) is 14.5 Å². The van der Waals surface area contributed by atoms with Crippen LogP contribution < -0.4 is 10.5 Å². The third-order valence-electron chi connectivity index (χ3n) is 7.56. The van der Waals surface area contributed by atoms with Crippen molar-refractivity contribution in [3.63, 3.8) is 0 Å². The zero-order chi connectivity index (χ0) is 27.0. The Bertz CT molecular complexity index is 1510. The minimum absolute atomic E-state index is 0.0242. The third-order valence-corrected chi connectivity index (χ3v) is 7.56. The Kier molecular flexibility index (Phi) is 6.96. The van der Waals surface area contributed by atoms with Crippen LogP contribution in [0.25, 0.3) is 11.0 Å². The lowest BCUT2D eigenvalue weighted by atomic mass is 9.92. The SMILES string of the molecule is CC[C@H]1CN(C(c2ccc(F)cc2)c2ccc(F)cc2)[C@H](C)CN1c1cc(=O)n(C)c2ccc(C#N)nc12. The number of aromatic nitrogens is 2. The summed E-state index contributed by atoms with van der Waals surface area (Å²) < 4.78 is 29.1. The third kappa shape index (κ3) is 4.66. The molecule has 194 valence electrons. The van der Waals surface area contributed by atoms with Gasteiger partial charge in [0.15, 0.2) is 0 Å². The van der Waals surface area contributed by atoms with Crippen LogP contribution in [-0.2, 0) is 7.05 Å². The van der Waals surface area contributed by atoms with Gasteiger partial charge in [0.1, 0.15) is 28.9 Å². The largest absolute Gasteiger partial charge is 0.364 e. The fourth-order valence-corrected chi connectivity index (χ4v) is 5.52. The first-order valence-electron chi connectivity index (χ1n) is 12.7. The molecule has 0 radical (unpaired) electrons. The number of nitriles is 1. The fraction of sp³-hybridized carbons (Fsp3) is 0.300. The smallest absolute Gasteiger partial charge is 0.252 e. The summed E-state index contributed by atoms with van der Waals surface area (Å²) in [5, 5.41) is 9.46. The average Bonchev–Trinajstić information content (AvgIpc) is 2.93. The molecule has 1 fully saturated rings. The van der Waals surface area contributed by atoms with Crippen LogP contribution in [0.2, 0.25) is 0 Å². The molecule has 2 aromatic carbocycles. The molecule has 1 aliphatic heterocycles. The van der Waals surface area contributed by atoms with Crippen molar-refractivity contribution in [2.75, 3.05) is 18.0 Å². The predicted molar refractivity (Wildman–Crippen MR) is 144 cm³/mol. The van der Waals surface area contributed by atoms with Crippen molar-refractivity contribution in [3.8, 4) is 6.07 Å². The number of benzene rings is 2. The van der Waals surface area contributed by atoms with Gasteiger partial charge in [-0.05, 0) is 60.9 Å². The van der Waals surface area contributed by atoms with Gasteiger partial charge >= 0.3 is 0 Å². The summed E-state index contributed by atoms with van der Waals surface area (Å²) in [4.78, 5) is 22.1. The maximum absolute atomic E-state index is 13.8. The van der Waals surface area contributed by atoms with Crippen molar-refractivity contribution < 1.29 is 8.78 Å². The molecular weight excluding hydrogens is 484 g/mol. The molecule has 0 amide bonds. The normalized spacial score (nSPS) is 18.2. The summed E-state index contributed by atoms with van der Waals surface area (Å²) in [6.07, 6.45) is 0.803. The highest BCUT2D eigenvalue weighted by atomic mass is 19.1. The Morgan fingerprint density at radius 1 is 1.00 bits per heavy atom.